The van der Waals surface area contributed by atoms with Gasteiger partial charge in [-0.25, -0.2) is 0 Å². The largest absolute Gasteiger partial charge is 0.271 e. The Kier molecular flexibility index (Phi) is 4.42. The molecule has 0 amide bonds. The maximum Gasteiger partial charge on any atom is 0.0555 e. The van der Waals surface area contributed by atoms with Crippen molar-refractivity contribution in [3.8, 4) is 0 Å². The van der Waals surface area contributed by atoms with E-state index in [-0.39, 0.29) is 0 Å². The van der Waals surface area contributed by atoms with Crippen LogP contribution in [-0.4, -0.2) is 0 Å². The Bertz CT molecular complexity index is 245. The fourth-order valence-corrected chi connectivity index (χ4v) is 2.46. The van der Waals surface area contributed by atoms with Crippen LogP contribution in [0.4, 0.5) is 0 Å². The number of nitrogens with two attached hydrogens (primary N) is 1. The van der Waals surface area contributed by atoms with E-state index in [4.69, 9.17) is 5.84 Å². The van der Waals surface area contributed by atoms with Gasteiger partial charge in [-0.1, -0.05) is 19.8 Å². The molecule has 3 heteroatoms. The van der Waals surface area contributed by atoms with Gasteiger partial charge >= 0.3 is 0 Å². The highest BCUT2D eigenvalue weighted by Gasteiger charge is 2.12. The zero-order chi connectivity index (χ0) is 9.68. The molecule has 0 fully saturated rings. The molecule has 0 bridgehead atoms. The minimum atomic E-state index is 0.347. The maximum atomic E-state index is 5.53. The molecule has 0 aliphatic heterocycles. The lowest BCUT2D eigenvalue weighted by Gasteiger charge is -2.14. The number of unbranched alkanes of at least 4 members (excludes halogenated alkanes) is 1. The quantitative estimate of drug-likeness (QED) is 0.564. The first kappa shape index (κ1) is 10.7. The normalized spacial score (nSPS) is 13.2. The molecule has 1 unspecified atom stereocenters. The lowest BCUT2D eigenvalue weighted by molar-refractivity contribution is 0.500. The van der Waals surface area contributed by atoms with Gasteiger partial charge in [0.1, 0.15) is 0 Å². The van der Waals surface area contributed by atoms with Gasteiger partial charge in [0.05, 0.1) is 6.04 Å². The summed E-state index contributed by atoms with van der Waals surface area (Å²) in [6.07, 6.45) is 3.59. The smallest absolute Gasteiger partial charge is 0.0555 e. The second kappa shape index (κ2) is 5.37. The molecule has 0 radical (unpaired) electrons. The Morgan fingerprint density at radius 3 is 2.85 bits per heavy atom. The molecular weight excluding hydrogens is 180 g/mol. The molecular formula is C10H18N2S. The highest BCUT2D eigenvalue weighted by molar-refractivity contribution is 7.10. The monoisotopic (exact) mass is 198 g/mol. The molecule has 0 aliphatic carbocycles. The van der Waals surface area contributed by atoms with Crippen molar-refractivity contribution in [2.45, 2.75) is 39.2 Å². The van der Waals surface area contributed by atoms with Gasteiger partial charge in [-0.15, -0.1) is 11.3 Å². The van der Waals surface area contributed by atoms with Gasteiger partial charge in [0.15, 0.2) is 0 Å². The molecule has 0 saturated heterocycles. The van der Waals surface area contributed by atoms with Crippen LogP contribution in [0.2, 0.25) is 0 Å². The van der Waals surface area contributed by atoms with Crippen LogP contribution in [0, 0.1) is 6.92 Å². The van der Waals surface area contributed by atoms with Gasteiger partial charge in [0, 0.05) is 4.88 Å². The van der Waals surface area contributed by atoms with Crippen molar-refractivity contribution in [3.05, 3.63) is 21.9 Å². The first-order valence-corrected chi connectivity index (χ1v) is 5.67. The third kappa shape index (κ3) is 2.79. The fraction of sp³-hybridized carbons (Fsp3) is 0.600. The van der Waals surface area contributed by atoms with Crippen molar-refractivity contribution in [2.75, 3.05) is 0 Å². The second-order valence-corrected chi connectivity index (χ2v) is 4.28. The lowest BCUT2D eigenvalue weighted by atomic mass is 10.1. The summed E-state index contributed by atoms with van der Waals surface area (Å²) in [4.78, 5) is 1.39. The zero-order valence-corrected chi connectivity index (χ0v) is 9.16. The van der Waals surface area contributed by atoms with Crippen molar-refractivity contribution in [1.82, 2.24) is 5.43 Å². The van der Waals surface area contributed by atoms with E-state index in [1.165, 1.54) is 23.3 Å². The van der Waals surface area contributed by atoms with Crippen molar-refractivity contribution in [3.63, 3.8) is 0 Å². The number of hydrogen-bond donors (Lipinski definition) is 2. The summed E-state index contributed by atoms with van der Waals surface area (Å²) >= 11 is 1.79. The summed E-state index contributed by atoms with van der Waals surface area (Å²) in [6.45, 7) is 4.34. The van der Waals surface area contributed by atoms with E-state index < -0.39 is 0 Å². The van der Waals surface area contributed by atoms with Crippen molar-refractivity contribution in [1.29, 1.82) is 0 Å². The van der Waals surface area contributed by atoms with E-state index in [9.17, 15) is 0 Å². The molecule has 0 aromatic carbocycles. The molecule has 3 N–H and O–H groups in total. The van der Waals surface area contributed by atoms with Crippen molar-refractivity contribution in [2.24, 2.45) is 5.84 Å². The summed E-state index contributed by atoms with van der Waals surface area (Å²) in [6, 6.07) is 2.50. The number of hydrazine groups is 1. The average Bonchev–Trinajstić information content (AvgIpc) is 2.54. The minimum Gasteiger partial charge on any atom is -0.271 e. The van der Waals surface area contributed by atoms with Crippen LogP contribution < -0.4 is 11.3 Å². The van der Waals surface area contributed by atoms with E-state index in [2.05, 4.69) is 30.7 Å². The van der Waals surface area contributed by atoms with Gasteiger partial charge in [0.25, 0.3) is 0 Å². The lowest BCUT2D eigenvalue weighted by Crippen LogP contribution is -2.27. The summed E-state index contributed by atoms with van der Waals surface area (Å²) in [5.74, 6) is 5.53. The van der Waals surface area contributed by atoms with Gasteiger partial charge < -0.3 is 0 Å². The SMILES string of the molecule is CCCCC(NN)c1sccc1C. The highest BCUT2D eigenvalue weighted by atomic mass is 32.1. The minimum absolute atomic E-state index is 0.347. The van der Waals surface area contributed by atoms with Crippen LogP contribution in [0.5, 0.6) is 0 Å². The van der Waals surface area contributed by atoms with Crippen LogP contribution >= 0.6 is 11.3 Å². The molecule has 13 heavy (non-hydrogen) atoms. The van der Waals surface area contributed by atoms with Gasteiger partial charge in [0.2, 0.25) is 0 Å². The van der Waals surface area contributed by atoms with Crippen LogP contribution in [0.15, 0.2) is 11.4 Å². The predicted octanol–water partition coefficient (Wildman–Crippen LogP) is 2.75. The first-order valence-electron chi connectivity index (χ1n) is 4.79. The number of hydrogen-bond acceptors (Lipinski definition) is 3. The fourth-order valence-electron chi connectivity index (χ4n) is 1.44. The molecule has 0 spiro atoms. The predicted molar refractivity (Wildman–Crippen MR) is 58.6 cm³/mol. The Hall–Kier alpha value is -0.380. The van der Waals surface area contributed by atoms with Crippen LogP contribution in [0.25, 0.3) is 0 Å². The zero-order valence-electron chi connectivity index (χ0n) is 8.34. The molecule has 1 heterocycles. The summed E-state index contributed by atoms with van der Waals surface area (Å²) in [5, 5.41) is 2.13. The molecule has 1 atom stereocenters. The molecule has 2 nitrogen and oxygen atoms in total. The van der Waals surface area contributed by atoms with Gasteiger partial charge in [-0.3, -0.25) is 11.3 Å². The number of aryl methyl sites for hydroxylation is 1. The summed E-state index contributed by atoms with van der Waals surface area (Å²) < 4.78 is 0. The number of rotatable bonds is 5. The molecule has 0 saturated carbocycles. The average molecular weight is 198 g/mol. The third-order valence-electron chi connectivity index (χ3n) is 2.27. The molecule has 0 aliphatic rings. The Balaban J connectivity index is 2.61. The van der Waals surface area contributed by atoms with E-state index in [0.29, 0.717) is 6.04 Å². The third-order valence-corrected chi connectivity index (χ3v) is 3.40. The number of thiophene rings is 1. The van der Waals surface area contributed by atoms with E-state index in [1.54, 1.807) is 11.3 Å². The molecule has 1 rings (SSSR count). The Morgan fingerprint density at radius 2 is 2.38 bits per heavy atom. The van der Waals surface area contributed by atoms with E-state index in [0.717, 1.165) is 6.42 Å². The maximum absolute atomic E-state index is 5.53. The van der Waals surface area contributed by atoms with Crippen LogP contribution in [-0.2, 0) is 0 Å². The van der Waals surface area contributed by atoms with E-state index in [1.807, 2.05) is 0 Å². The molecule has 1 aromatic rings. The Labute approximate surface area is 84.1 Å². The standard InChI is InChI=1S/C10H18N2S/c1-3-4-5-9(12-11)10-8(2)6-7-13-10/h6-7,9,12H,3-5,11H2,1-2H3. The van der Waals surface area contributed by atoms with Gasteiger partial charge in [-0.05, 0) is 30.4 Å². The highest BCUT2D eigenvalue weighted by Crippen LogP contribution is 2.26. The summed E-state index contributed by atoms with van der Waals surface area (Å²) in [5.41, 5.74) is 4.24. The molecule has 74 valence electrons. The topological polar surface area (TPSA) is 38.0 Å². The summed E-state index contributed by atoms with van der Waals surface area (Å²) in [7, 11) is 0. The first-order chi connectivity index (χ1) is 6.29. The van der Waals surface area contributed by atoms with Gasteiger partial charge in [-0.2, -0.15) is 0 Å². The van der Waals surface area contributed by atoms with E-state index >= 15 is 0 Å². The number of nitrogens with one attached hydrogen (secondary N) is 1. The second-order valence-electron chi connectivity index (χ2n) is 3.33. The van der Waals surface area contributed by atoms with Crippen molar-refractivity contribution >= 4 is 11.3 Å². The van der Waals surface area contributed by atoms with Crippen LogP contribution in [0.1, 0.15) is 42.7 Å². The van der Waals surface area contributed by atoms with Crippen LogP contribution in [0.3, 0.4) is 0 Å². The Morgan fingerprint density at radius 1 is 1.62 bits per heavy atom. The molecule has 1 aromatic heterocycles. The van der Waals surface area contributed by atoms with Crippen molar-refractivity contribution < 1.29 is 0 Å².